The third-order valence-electron chi connectivity index (χ3n) is 8.27. The Labute approximate surface area is 247 Å². The highest BCUT2D eigenvalue weighted by atomic mass is 16.6. The molecule has 0 saturated heterocycles. The normalized spacial score (nSPS) is 11.4. The standard InChI is InChI=1S/C38H25N3O2/c42-41(43)37-21-19-27(26-11-3-1-4-12-26)25-33(37)30-16-7-9-17-34(30)39-24-23-32-35(39)22-20-31-29-15-8-10-18-36(29)40(38(31)32)28-13-5-2-6-14-28/h1-25H. The maximum absolute atomic E-state index is 12.3. The van der Waals surface area contributed by atoms with E-state index >= 15 is 0 Å². The molecule has 0 aliphatic rings. The van der Waals surface area contributed by atoms with E-state index < -0.39 is 0 Å². The second kappa shape index (κ2) is 9.86. The van der Waals surface area contributed by atoms with Gasteiger partial charge in [0.1, 0.15) is 0 Å². The summed E-state index contributed by atoms with van der Waals surface area (Å²) in [4.78, 5) is 12.0. The second-order valence-corrected chi connectivity index (χ2v) is 10.6. The fraction of sp³-hybridized carbons (Fsp3) is 0. The van der Waals surface area contributed by atoms with Crippen LogP contribution in [0.25, 0.3) is 66.3 Å². The molecule has 0 amide bonds. The number of hydrogen-bond acceptors (Lipinski definition) is 2. The average molecular weight is 556 g/mol. The van der Waals surface area contributed by atoms with Gasteiger partial charge in [-0.05, 0) is 59.7 Å². The van der Waals surface area contributed by atoms with Crippen molar-refractivity contribution in [3.8, 4) is 33.6 Å². The van der Waals surface area contributed by atoms with E-state index in [4.69, 9.17) is 0 Å². The molecule has 0 unspecified atom stereocenters. The molecule has 8 rings (SSSR count). The molecule has 0 saturated carbocycles. The molecule has 43 heavy (non-hydrogen) atoms. The number of fused-ring (bicyclic) bond motifs is 5. The zero-order valence-electron chi connectivity index (χ0n) is 23.1. The summed E-state index contributed by atoms with van der Waals surface area (Å²) in [7, 11) is 0. The van der Waals surface area contributed by atoms with E-state index in [9.17, 15) is 10.1 Å². The number of hydrogen-bond donors (Lipinski definition) is 0. The molecule has 0 aliphatic heterocycles. The van der Waals surface area contributed by atoms with Crippen molar-refractivity contribution in [1.82, 2.24) is 9.13 Å². The van der Waals surface area contributed by atoms with Gasteiger partial charge in [-0.15, -0.1) is 0 Å². The molecule has 6 aromatic carbocycles. The van der Waals surface area contributed by atoms with Crippen LogP contribution in [0.2, 0.25) is 0 Å². The summed E-state index contributed by atoms with van der Waals surface area (Å²) >= 11 is 0. The Morgan fingerprint density at radius 2 is 1.26 bits per heavy atom. The van der Waals surface area contributed by atoms with Crippen molar-refractivity contribution in [3.63, 3.8) is 0 Å². The van der Waals surface area contributed by atoms with Crippen LogP contribution in [0.4, 0.5) is 5.69 Å². The summed E-state index contributed by atoms with van der Waals surface area (Å²) < 4.78 is 4.48. The third kappa shape index (κ3) is 3.94. The van der Waals surface area contributed by atoms with Crippen molar-refractivity contribution in [3.05, 3.63) is 162 Å². The number of nitrogens with zero attached hydrogens (tertiary/aromatic N) is 3. The monoisotopic (exact) mass is 555 g/mol. The van der Waals surface area contributed by atoms with Crippen LogP contribution in [0.1, 0.15) is 0 Å². The molecule has 2 aromatic heterocycles. The summed E-state index contributed by atoms with van der Waals surface area (Å²) in [5, 5.41) is 15.7. The van der Waals surface area contributed by atoms with E-state index in [1.54, 1.807) is 6.07 Å². The second-order valence-electron chi connectivity index (χ2n) is 10.6. The Kier molecular flexibility index (Phi) is 5.69. The van der Waals surface area contributed by atoms with Gasteiger partial charge >= 0.3 is 0 Å². The fourth-order valence-electron chi connectivity index (χ4n) is 6.36. The molecule has 0 atom stereocenters. The zero-order valence-corrected chi connectivity index (χ0v) is 23.1. The van der Waals surface area contributed by atoms with Crippen LogP contribution in [0.3, 0.4) is 0 Å². The molecular weight excluding hydrogens is 530 g/mol. The highest BCUT2D eigenvalue weighted by molar-refractivity contribution is 6.18. The third-order valence-corrected chi connectivity index (χ3v) is 8.27. The minimum absolute atomic E-state index is 0.0789. The van der Waals surface area contributed by atoms with E-state index in [0.29, 0.717) is 5.56 Å². The van der Waals surface area contributed by atoms with Gasteiger partial charge in [0.25, 0.3) is 5.69 Å². The maximum Gasteiger partial charge on any atom is 0.277 e. The van der Waals surface area contributed by atoms with Crippen LogP contribution < -0.4 is 0 Å². The molecule has 0 fully saturated rings. The molecule has 0 spiro atoms. The Bertz CT molecular complexity index is 2320. The first-order valence-electron chi connectivity index (χ1n) is 14.2. The topological polar surface area (TPSA) is 53.0 Å². The molecule has 8 aromatic rings. The van der Waals surface area contributed by atoms with E-state index in [1.165, 1.54) is 10.8 Å². The number of nitro groups is 1. The van der Waals surface area contributed by atoms with E-state index in [-0.39, 0.29) is 10.6 Å². The lowest BCUT2D eigenvalue weighted by Gasteiger charge is -2.14. The first-order valence-corrected chi connectivity index (χ1v) is 14.2. The van der Waals surface area contributed by atoms with Gasteiger partial charge in [-0.3, -0.25) is 10.1 Å². The van der Waals surface area contributed by atoms with Gasteiger partial charge in [-0.25, -0.2) is 0 Å². The van der Waals surface area contributed by atoms with Gasteiger partial charge in [0.2, 0.25) is 0 Å². The Morgan fingerprint density at radius 1 is 0.535 bits per heavy atom. The number of nitro benzene ring substituents is 1. The number of rotatable bonds is 5. The molecule has 2 heterocycles. The lowest BCUT2D eigenvalue weighted by molar-refractivity contribution is -0.384. The number of benzene rings is 6. The highest BCUT2D eigenvalue weighted by Crippen LogP contribution is 2.41. The van der Waals surface area contributed by atoms with E-state index in [1.807, 2.05) is 72.8 Å². The van der Waals surface area contributed by atoms with Crippen LogP contribution in [-0.4, -0.2) is 14.1 Å². The minimum Gasteiger partial charge on any atom is -0.316 e. The molecule has 5 heteroatoms. The molecule has 204 valence electrons. The van der Waals surface area contributed by atoms with Crippen molar-refractivity contribution < 1.29 is 4.92 Å². The van der Waals surface area contributed by atoms with Crippen molar-refractivity contribution in [2.24, 2.45) is 0 Å². The maximum atomic E-state index is 12.3. The summed E-state index contributed by atoms with van der Waals surface area (Å²) in [5.74, 6) is 0. The van der Waals surface area contributed by atoms with Crippen molar-refractivity contribution in [1.29, 1.82) is 0 Å². The van der Waals surface area contributed by atoms with Crippen molar-refractivity contribution >= 4 is 38.4 Å². The lowest BCUT2D eigenvalue weighted by atomic mass is 9.96. The molecule has 5 nitrogen and oxygen atoms in total. The summed E-state index contributed by atoms with van der Waals surface area (Å²) in [6.45, 7) is 0. The molecule has 0 aliphatic carbocycles. The van der Waals surface area contributed by atoms with Crippen LogP contribution >= 0.6 is 0 Å². The van der Waals surface area contributed by atoms with Crippen molar-refractivity contribution in [2.45, 2.75) is 0 Å². The van der Waals surface area contributed by atoms with E-state index in [0.717, 1.165) is 50.0 Å². The largest absolute Gasteiger partial charge is 0.316 e. The Balaban J connectivity index is 1.39. The summed E-state index contributed by atoms with van der Waals surface area (Å²) in [6.07, 6.45) is 2.07. The lowest BCUT2D eigenvalue weighted by Crippen LogP contribution is -1.99. The molecule has 0 N–H and O–H groups in total. The van der Waals surface area contributed by atoms with Crippen LogP contribution in [0.5, 0.6) is 0 Å². The van der Waals surface area contributed by atoms with Crippen molar-refractivity contribution in [2.75, 3.05) is 0 Å². The first-order chi connectivity index (χ1) is 21.2. The van der Waals surface area contributed by atoms with Gasteiger partial charge in [0.15, 0.2) is 0 Å². The van der Waals surface area contributed by atoms with Gasteiger partial charge in [0.05, 0.1) is 32.7 Å². The summed E-state index contributed by atoms with van der Waals surface area (Å²) in [5.41, 5.74) is 8.71. The smallest absolute Gasteiger partial charge is 0.277 e. The van der Waals surface area contributed by atoms with Gasteiger partial charge in [-0.1, -0.05) is 91.0 Å². The number of para-hydroxylation sites is 3. The average Bonchev–Trinajstić information content (AvgIpc) is 3.65. The molecular formula is C38H25N3O2. The van der Waals surface area contributed by atoms with Crippen LogP contribution in [0, 0.1) is 10.1 Å². The van der Waals surface area contributed by atoms with Gasteiger partial charge in [-0.2, -0.15) is 0 Å². The fourth-order valence-corrected chi connectivity index (χ4v) is 6.36. The first kappa shape index (κ1) is 24.8. The zero-order chi connectivity index (χ0) is 28.9. The van der Waals surface area contributed by atoms with Crippen LogP contribution in [0.15, 0.2) is 152 Å². The minimum atomic E-state index is -0.295. The quantitative estimate of drug-likeness (QED) is 0.157. The summed E-state index contributed by atoms with van der Waals surface area (Å²) in [6, 6.07) is 48.7. The predicted molar refractivity (Wildman–Crippen MR) is 175 cm³/mol. The van der Waals surface area contributed by atoms with Crippen LogP contribution in [-0.2, 0) is 0 Å². The SMILES string of the molecule is O=[N+]([O-])c1ccc(-c2ccccc2)cc1-c1ccccc1-n1ccc2c1ccc1c3ccccc3n(-c3ccccc3)c12. The Hall–Kier alpha value is -5.94. The number of aromatic nitrogens is 2. The van der Waals surface area contributed by atoms with Gasteiger partial charge in [0, 0.05) is 39.7 Å². The van der Waals surface area contributed by atoms with Gasteiger partial charge < -0.3 is 9.13 Å². The molecule has 0 bridgehead atoms. The van der Waals surface area contributed by atoms with E-state index in [2.05, 4.69) is 82.1 Å². The predicted octanol–water partition coefficient (Wildman–Crippen LogP) is 9.97. The highest BCUT2D eigenvalue weighted by Gasteiger charge is 2.21. The Morgan fingerprint density at radius 3 is 2.07 bits per heavy atom. The molecule has 0 radical (unpaired) electrons.